The van der Waals surface area contributed by atoms with Gasteiger partial charge in [-0.2, -0.15) is 5.26 Å². The number of ketones is 1. The van der Waals surface area contributed by atoms with Gasteiger partial charge in [-0.15, -0.1) is 11.3 Å². The van der Waals surface area contributed by atoms with E-state index in [-0.39, 0.29) is 5.41 Å². The fourth-order valence-electron chi connectivity index (χ4n) is 7.95. The minimum absolute atomic E-state index is 0.223. The topological polar surface area (TPSA) is 53.8 Å². The predicted molar refractivity (Wildman–Crippen MR) is 111 cm³/mol. The van der Waals surface area contributed by atoms with Crippen LogP contribution in [-0.2, 0) is 23.1 Å². The summed E-state index contributed by atoms with van der Waals surface area (Å²) in [6.45, 7) is 6.84. The molecule has 3 fully saturated rings. The number of thiazole rings is 1. The molecule has 4 aliphatic carbocycles. The van der Waals surface area contributed by atoms with Crippen LogP contribution in [0, 0.1) is 46.3 Å². The fraction of sp³-hybridized carbons (Fsp3) is 0.792. The van der Waals surface area contributed by atoms with Gasteiger partial charge in [-0.3, -0.25) is 4.79 Å². The van der Waals surface area contributed by atoms with Gasteiger partial charge in [0.1, 0.15) is 10.8 Å². The van der Waals surface area contributed by atoms with Crippen molar-refractivity contribution < 1.29 is 4.79 Å². The summed E-state index contributed by atoms with van der Waals surface area (Å²) in [5, 5.41) is 10.1. The number of hydrogen-bond acceptors (Lipinski definition) is 4. The second-order valence-corrected chi connectivity index (χ2v) is 11.8. The Morgan fingerprint density at radius 1 is 1.21 bits per heavy atom. The fourth-order valence-corrected chi connectivity index (χ4v) is 9.14. The second kappa shape index (κ2) is 6.39. The van der Waals surface area contributed by atoms with Crippen molar-refractivity contribution in [3.63, 3.8) is 0 Å². The van der Waals surface area contributed by atoms with Crippen molar-refractivity contribution in [2.45, 2.75) is 84.0 Å². The summed E-state index contributed by atoms with van der Waals surface area (Å²) in [6, 6.07) is 2.27. The van der Waals surface area contributed by atoms with Gasteiger partial charge in [0, 0.05) is 16.2 Å². The number of nitrogens with zero attached hydrogens (tertiary/aromatic N) is 2. The van der Waals surface area contributed by atoms with E-state index in [1.165, 1.54) is 49.1 Å². The molecule has 150 valence electrons. The standard InChI is InChI=1S/C24H32N2OS/c1-14(27)15-6-9-23(2)16(12-15)4-5-17-18(23)7-10-24(3)19(17)13-20-22(24)26-21(28-20)8-11-25/h15-19H,4-10,12-13H2,1-3H3/t15-,16-,17+,18-,19-,23-,24-/m0/s1. The minimum atomic E-state index is 0.223. The normalized spacial score (nSPS) is 44.0. The Labute approximate surface area is 172 Å². The molecule has 1 aromatic rings. The number of aromatic nitrogens is 1. The van der Waals surface area contributed by atoms with E-state index >= 15 is 0 Å². The zero-order valence-electron chi connectivity index (χ0n) is 17.5. The minimum Gasteiger partial charge on any atom is -0.300 e. The number of nitriles is 1. The maximum absolute atomic E-state index is 12.0. The highest BCUT2D eigenvalue weighted by molar-refractivity contribution is 7.11. The molecule has 0 aliphatic heterocycles. The van der Waals surface area contributed by atoms with E-state index < -0.39 is 0 Å². The Kier molecular flexibility index (Phi) is 4.29. The summed E-state index contributed by atoms with van der Waals surface area (Å²) in [4.78, 5) is 18.4. The lowest BCUT2D eigenvalue weighted by Crippen LogP contribution is -2.54. The molecule has 5 rings (SSSR count). The van der Waals surface area contributed by atoms with Crippen LogP contribution in [0.4, 0.5) is 0 Å². The molecule has 0 amide bonds. The van der Waals surface area contributed by atoms with Crippen molar-refractivity contribution in [2.75, 3.05) is 0 Å². The summed E-state index contributed by atoms with van der Waals surface area (Å²) in [5.41, 5.74) is 2.00. The summed E-state index contributed by atoms with van der Waals surface area (Å²) in [6.07, 6.45) is 10.4. The Morgan fingerprint density at radius 2 is 2.04 bits per heavy atom. The quantitative estimate of drug-likeness (QED) is 0.666. The average molecular weight is 397 g/mol. The molecular formula is C24H32N2OS. The van der Waals surface area contributed by atoms with Crippen molar-refractivity contribution in [1.29, 1.82) is 5.26 Å². The van der Waals surface area contributed by atoms with E-state index in [2.05, 4.69) is 19.9 Å². The zero-order chi connectivity index (χ0) is 19.7. The molecule has 0 radical (unpaired) electrons. The molecule has 1 aromatic heterocycles. The first-order valence-electron chi connectivity index (χ1n) is 11.2. The molecule has 4 aliphatic rings. The van der Waals surface area contributed by atoms with E-state index in [1.54, 1.807) is 18.3 Å². The molecule has 3 nitrogen and oxygen atoms in total. The molecule has 0 unspecified atom stereocenters. The smallest absolute Gasteiger partial charge is 0.132 e. The Bertz CT molecular complexity index is 853. The van der Waals surface area contributed by atoms with Gasteiger partial charge < -0.3 is 0 Å². The molecule has 1 heterocycles. The maximum atomic E-state index is 12.0. The molecule has 0 saturated heterocycles. The van der Waals surface area contributed by atoms with Crippen LogP contribution in [0.1, 0.15) is 81.3 Å². The van der Waals surface area contributed by atoms with Gasteiger partial charge in [0.25, 0.3) is 0 Å². The highest BCUT2D eigenvalue weighted by Crippen LogP contribution is 2.66. The first kappa shape index (κ1) is 18.8. The lowest BCUT2D eigenvalue weighted by Gasteiger charge is -2.60. The van der Waals surface area contributed by atoms with Crippen molar-refractivity contribution in [3.8, 4) is 6.07 Å². The molecule has 4 heteroatoms. The maximum Gasteiger partial charge on any atom is 0.132 e. The summed E-state index contributed by atoms with van der Waals surface area (Å²) in [7, 11) is 0. The number of rotatable bonds is 2. The van der Waals surface area contributed by atoms with Gasteiger partial charge in [0.15, 0.2) is 0 Å². The van der Waals surface area contributed by atoms with Gasteiger partial charge in [-0.1, -0.05) is 13.8 Å². The number of carbonyl (C=O) groups excluding carboxylic acids is 1. The largest absolute Gasteiger partial charge is 0.300 e. The van der Waals surface area contributed by atoms with Crippen LogP contribution in [-0.4, -0.2) is 10.8 Å². The van der Waals surface area contributed by atoms with Crippen LogP contribution >= 0.6 is 11.3 Å². The van der Waals surface area contributed by atoms with Gasteiger partial charge in [0.2, 0.25) is 0 Å². The molecule has 0 aromatic carbocycles. The molecule has 0 N–H and O–H groups in total. The number of Topliss-reactive ketones (excluding diaryl/α,β-unsaturated/α-hetero) is 1. The average Bonchev–Trinajstić information content (AvgIpc) is 3.17. The zero-order valence-corrected chi connectivity index (χ0v) is 18.3. The highest BCUT2D eigenvalue weighted by atomic mass is 32.1. The van der Waals surface area contributed by atoms with Crippen LogP contribution in [0.25, 0.3) is 0 Å². The Balaban J connectivity index is 1.41. The number of hydrogen-bond donors (Lipinski definition) is 0. The first-order chi connectivity index (χ1) is 13.4. The summed E-state index contributed by atoms with van der Waals surface area (Å²) >= 11 is 1.80. The third-order valence-electron chi connectivity index (χ3n) is 9.55. The SMILES string of the molecule is CC(=O)[C@H]1CC[C@@]2(C)[C@@H](CC[C@@H]3[C@@H]2CC[C@]2(C)c4nc(CC#N)sc4C[C@@H]32)C1. The first-order valence-corrected chi connectivity index (χ1v) is 12.0. The van der Waals surface area contributed by atoms with Crippen molar-refractivity contribution >= 4 is 17.1 Å². The van der Waals surface area contributed by atoms with Crippen molar-refractivity contribution in [2.24, 2.45) is 35.0 Å². The van der Waals surface area contributed by atoms with Crippen molar-refractivity contribution in [3.05, 3.63) is 15.6 Å². The molecule has 0 bridgehead atoms. The van der Waals surface area contributed by atoms with Gasteiger partial charge in [-0.05, 0) is 87.4 Å². The Hall–Kier alpha value is -1.21. The van der Waals surface area contributed by atoms with Gasteiger partial charge in [0.05, 0.1) is 18.2 Å². The van der Waals surface area contributed by atoms with E-state index in [1.807, 2.05) is 0 Å². The van der Waals surface area contributed by atoms with E-state index in [0.717, 1.165) is 41.5 Å². The predicted octanol–water partition coefficient (Wildman–Crippen LogP) is 5.47. The third-order valence-corrected chi connectivity index (χ3v) is 10.6. The lowest BCUT2D eigenvalue weighted by atomic mass is 9.44. The third kappa shape index (κ3) is 2.51. The van der Waals surface area contributed by atoms with E-state index in [9.17, 15) is 4.79 Å². The molecular weight excluding hydrogens is 364 g/mol. The molecule has 28 heavy (non-hydrogen) atoms. The van der Waals surface area contributed by atoms with E-state index in [4.69, 9.17) is 10.2 Å². The van der Waals surface area contributed by atoms with Crippen LogP contribution in [0.15, 0.2) is 0 Å². The highest BCUT2D eigenvalue weighted by Gasteiger charge is 2.60. The summed E-state index contributed by atoms with van der Waals surface area (Å²) < 4.78 is 0. The molecule has 0 spiro atoms. The lowest BCUT2D eigenvalue weighted by molar-refractivity contribution is -0.130. The van der Waals surface area contributed by atoms with Crippen LogP contribution in [0.3, 0.4) is 0 Å². The van der Waals surface area contributed by atoms with Crippen LogP contribution < -0.4 is 0 Å². The summed E-state index contributed by atoms with van der Waals surface area (Å²) in [5.74, 6) is 3.86. The van der Waals surface area contributed by atoms with Crippen molar-refractivity contribution in [1.82, 2.24) is 4.98 Å². The Morgan fingerprint density at radius 3 is 2.79 bits per heavy atom. The van der Waals surface area contributed by atoms with Gasteiger partial charge in [-0.25, -0.2) is 4.98 Å². The second-order valence-electron chi connectivity index (χ2n) is 10.6. The van der Waals surface area contributed by atoms with E-state index in [0.29, 0.717) is 23.5 Å². The van der Waals surface area contributed by atoms with Crippen LogP contribution in [0.2, 0.25) is 0 Å². The molecule has 7 atom stereocenters. The number of carbonyl (C=O) groups is 1. The van der Waals surface area contributed by atoms with Gasteiger partial charge >= 0.3 is 0 Å². The monoisotopic (exact) mass is 396 g/mol. The molecule has 3 saturated carbocycles. The van der Waals surface area contributed by atoms with Crippen LogP contribution in [0.5, 0.6) is 0 Å². The number of fused-ring (bicyclic) bond motifs is 7.